The molecule has 1 aliphatic rings. The van der Waals surface area contributed by atoms with E-state index in [1.807, 2.05) is 6.92 Å². The van der Waals surface area contributed by atoms with E-state index >= 15 is 0 Å². The molecule has 0 aliphatic heterocycles. The monoisotopic (exact) mass is 411 g/mol. The Morgan fingerprint density at radius 3 is 2.59 bits per heavy atom. The Balaban J connectivity index is 2.46. The maximum atomic E-state index is 13.4. The van der Waals surface area contributed by atoms with Crippen LogP contribution in [0.25, 0.3) is 0 Å². The molecule has 1 aromatic rings. The normalized spacial score (nSPS) is 15.4. The predicted molar refractivity (Wildman–Crippen MR) is 108 cm³/mol. The van der Waals surface area contributed by atoms with Crippen molar-refractivity contribution in [3.8, 4) is 5.75 Å². The Labute approximate surface area is 166 Å². The van der Waals surface area contributed by atoms with Crippen molar-refractivity contribution in [1.29, 1.82) is 0 Å². The van der Waals surface area contributed by atoms with Crippen LogP contribution in [-0.2, 0) is 20.7 Å². The van der Waals surface area contributed by atoms with Crippen molar-refractivity contribution in [3.05, 3.63) is 23.8 Å². The minimum atomic E-state index is -2.61. The van der Waals surface area contributed by atoms with Crippen LogP contribution in [0, 0.1) is 0 Å². The van der Waals surface area contributed by atoms with Crippen LogP contribution in [0.5, 0.6) is 5.75 Å². The van der Waals surface area contributed by atoms with Crippen molar-refractivity contribution in [2.45, 2.75) is 51.0 Å². The second-order valence-electron chi connectivity index (χ2n) is 6.65. The van der Waals surface area contributed by atoms with Gasteiger partial charge in [0.25, 0.3) is 0 Å². The largest absolute Gasteiger partial charge is 0.494 e. The van der Waals surface area contributed by atoms with E-state index in [1.165, 1.54) is 7.11 Å². The number of nitrogens with one attached hydrogen (secondary N) is 1. The van der Waals surface area contributed by atoms with Crippen LogP contribution in [0.15, 0.2) is 22.6 Å². The fourth-order valence-corrected chi connectivity index (χ4v) is 3.85. The lowest BCUT2D eigenvalue weighted by Gasteiger charge is -2.33. The molecule has 0 radical (unpaired) electrons. The van der Waals surface area contributed by atoms with Gasteiger partial charge in [-0.1, -0.05) is 19.4 Å². The summed E-state index contributed by atoms with van der Waals surface area (Å²) < 4.78 is 30.8. The zero-order chi connectivity index (χ0) is 20.2. The highest BCUT2D eigenvalue weighted by atomic mass is 32.2. The molecular weight excluding hydrogens is 386 g/mol. The molecule has 2 rings (SSSR count). The molecule has 1 aliphatic carbocycles. The predicted octanol–water partition coefficient (Wildman–Crippen LogP) is 2.94. The first-order valence-electron chi connectivity index (χ1n) is 8.85. The van der Waals surface area contributed by atoms with Crippen molar-refractivity contribution in [1.82, 2.24) is 10.2 Å². The topological polar surface area (TPSA) is 88.1 Å². The molecule has 1 aromatic carbocycles. The standard InChI is InChI=1S/C18H25N3O4S2/c1-5-6-12(2)21(17(26)19-3)16(22)18(9-10-18)13-7-8-15(25-4)14(11-13)20-27(23)24/h7-8,11-12H,5-6,9-10H2,1-4H3,(H,19,26). The molecule has 0 aromatic heterocycles. The van der Waals surface area contributed by atoms with Crippen molar-refractivity contribution < 1.29 is 17.9 Å². The first kappa shape index (κ1) is 21.3. The van der Waals surface area contributed by atoms with Crippen molar-refractivity contribution in [3.63, 3.8) is 0 Å². The molecule has 9 heteroatoms. The first-order chi connectivity index (χ1) is 12.8. The average Bonchev–Trinajstić information content (AvgIpc) is 3.43. The number of carbonyl (C=O) groups is 1. The lowest BCUT2D eigenvalue weighted by molar-refractivity contribution is -0.131. The van der Waals surface area contributed by atoms with E-state index < -0.39 is 15.9 Å². The van der Waals surface area contributed by atoms with E-state index in [0.717, 1.165) is 18.4 Å². The lowest BCUT2D eigenvalue weighted by atomic mass is 9.93. The summed E-state index contributed by atoms with van der Waals surface area (Å²) in [6.07, 6.45) is 3.13. The molecule has 1 fully saturated rings. The summed E-state index contributed by atoms with van der Waals surface area (Å²) in [5, 5.41) is 3.30. The van der Waals surface area contributed by atoms with Gasteiger partial charge in [-0.2, -0.15) is 8.42 Å². The Morgan fingerprint density at radius 2 is 2.11 bits per heavy atom. The number of nitrogens with zero attached hydrogens (tertiary/aromatic N) is 2. The summed E-state index contributed by atoms with van der Waals surface area (Å²) in [4.78, 5) is 15.1. The van der Waals surface area contributed by atoms with E-state index in [-0.39, 0.29) is 17.6 Å². The second-order valence-corrected chi connectivity index (χ2v) is 7.65. The second kappa shape index (κ2) is 8.79. The number of thiocarbonyl (C=S) groups is 1. The summed E-state index contributed by atoms with van der Waals surface area (Å²) in [7, 11) is 0.534. The van der Waals surface area contributed by atoms with Crippen molar-refractivity contribution in [2.75, 3.05) is 14.2 Å². The molecule has 0 spiro atoms. The first-order valence-corrected chi connectivity index (χ1v) is 10.3. The van der Waals surface area contributed by atoms with Crippen LogP contribution in [-0.4, -0.2) is 44.5 Å². The number of hydrogen-bond acceptors (Lipinski definition) is 6. The third kappa shape index (κ3) is 4.47. The number of hydrogen-bond donors (Lipinski definition) is 1. The van der Waals surface area contributed by atoms with Gasteiger partial charge >= 0.3 is 10.5 Å². The minimum absolute atomic E-state index is 0.0310. The molecule has 1 unspecified atom stereocenters. The fraction of sp³-hybridized carbons (Fsp3) is 0.556. The highest BCUT2D eigenvalue weighted by molar-refractivity contribution is 7.80. The SMILES string of the molecule is CCCC(C)N(C(=O)C1(c2ccc(OC)c(N=S(=O)=O)c2)CC1)C(=S)NC. The molecule has 0 bridgehead atoms. The van der Waals surface area contributed by atoms with Crippen LogP contribution in [0.2, 0.25) is 0 Å². The molecule has 7 nitrogen and oxygen atoms in total. The van der Waals surface area contributed by atoms with Gasteiger partial charge in [0.05, 0.1) is 12.5 Å². The van der Waals surface area contributed by atoms with E-state index in [4.69, 9.17) is 17.0 Å². The van der Waals surface area contributed by atoms with Gasteiger partial charge in [0.1, 0.15) is 11.4 Å². The minimum Gasteiger partial charge on any atom is -0.494 e. The quantitative estimate of drug-likeness (QED) is 0.694. The van der Waals surface area contributed by atoms with E-state index in [1.54, 1.807) is 30.1 Å². The van der Waals surface area contributed by atoms with E-state index in [9.17, 15) is 13.2 Å². The number of ether oxygens (including phenoxy) is 1. The zero-order valence-electron chi connectivity index (χ0n) is 16.0. The molecule has 1 atom stereocenters. The summed E-state index contributed by atoms with van der Waals surface area (Å²) in [6, 6.07) is 5.02. The number of carbonyl (C=O) groups excluding carboxylic acids is 1. The molecular formula is C18H25N3O4S2. The fourth-order valence-electron chi connectivity index (χ4n) is 3.28. The maximum Gasteiger partial charge on any atom is 0.316 e. The Morgan fingerprint density at radius 1 is 1.44 bits per heavy atom. The molecule has 1 saturated carbocycles. The molecule has 27 heavy (non-hydrogen) atoms. The van der Waals surface area contributed by atoms with Gasteiger partial charge in [-0.05, 0) is 56.1 Å². The maximum absolute atomic E-state index is 13.4. The third-order valence-electron chi connectivity index (χ3n) is 4.86. The summed E-state index contributed by atoms with van der Waals surface area (Å²) in [5.74, 6) is 0.273. The van der Waals surface area contributed by atoms with Gasteiger partial charge in [0, 0.05) is 13.1 Å². The van der Waals surface area contributed by atoms with Crippen LogP contribution in [0.4, 0.5) is 5.69 Å². The number of methoxy groups -OCH3 is 1. The lowest BCUT2D eigenvalue weighted by Crippen LogP contribution is -2.51. The summed E-state index contributed by atoms with van der Waals surface area (Å²) >= 11 is 5.39. The molecule has 1 amide bonds. The third-order valence-corrected chi connectivity index (χ3v) is 5.61. The molecule has 1 N–H and O–H groups in total. The average molecular weight is 412 g/mol. The van der Waals surface area contributed by atoms with Gasteiger partial charge in [0.15, 0.2) is 5.11 Å². The van der Waals surface area contributed by atoms with Gasteiger partial charge in [-0.15, -0.1) is 4.36 Å². The number of rotatable bonds is 7. The van der Waals surface area contributed by atoms with Crippen LogP contribution in [0.3, 0.4) is 0 Å². The Hall–Kier alpha value is -2.00. The van der Waals surface area contributed by atoms with Crippen LogP contribution >= 0.6 is 12.2 Å². The van der Waals surface area contributed by atoms with Crippen molar-refractivity contribution >= 4 is 39.4 Å². The summed E-state index contributed by atoms with van der Waals surface area (Å²) in [5.41, 5.74) is 0.209. The highest BCUT2D eigenvalue weighted by Gasteiger charge is 2.54. The smallest absolute Gasteiger partial charge is 0.316 e. The molecule has 0 heterocycles. The highest BCUT2D eigenvalue weighted by Crippen LogP contribution is 2.51. The van der Waals surface area contributed by atoms with Gasteiger partial charge in [-0.25, -0.2) is 0 Å². The van der Waals surface area contributed by atoms with Crippen LogP contribution < -0.4 is 10.1 Å². The number of amides is 1. The van der Waals surface area contributed by atoms with Crippen LogP contribution in [0.1, 0.15) is 45.1 Å². The Bertz CT molecular complexity index is 855. The molecule has 148 valence electrons. The summed E-state index contributed by atoms with van der Waals surface area (Å²) in [6.45, 7) is 4.05. The molecule has 0 saturated heterocycles. The Kier molecular flexibility index (Phi) is 6.94. The zero-order valence-corrected chi connectivity index (χ0v) is 17.6. The van der Waals surface area contributed by atoms with Gasteiger partial charge < -0.3 is 10.1 Å². The van der Waals surface area contributed by atoms with E-state index in [0.29, 0.717) is 23.7 Å². The van der Waals surface area contributed by atoms with E-state index in [2.05, 4.69) is 16.6 Å². The van der Waals surface area contributed by atoms with Crippen molar-refractivity contribution in [2.24, 2.45) is 4.36 Å². The van der Waals surface area contributed by atoms with Gasteiger partial charge in [-0.3, -0.25) is 9.69 Å². The van der Waals surface area contributed by atoms with Gasteiger partial charge in [0.2, 0.25) is 5.91 Å². The number of benzene rings is 1.